The van der Waals surface area contributed by atoms with Crippen molar-refractivity contribution in [3.63, 3.8) is 0 Å². The fourth-order valence-corrected chi connectivity index (χ4v) is 8.41. The van der Waals surface area contributed by atoms with Crippen LogP contribution in [0.25, 0.3) is 10.8 Å². The fraction of sp³-hybridized carbons (Fsp3) is 0.550. The highest BCUT2D eigenvalue weighted by molar-refractivity contribution is 7.90. The largest absolute Gasteiger partial charge is 0.497 e. The summed E-state index contributed by atoms with van der Waals surface area (Å²) in [7, 11) is -6.59. The molecule has 2 saturated carbocycles. The lowest BCUT2D eigenvalue weighted by atomic mass is 9.90. The topological polar surface area (TPSA) is 175 Å². The molecule has 0 radical (unpaired) electrons. The molecule has 3 aliphatic rings. The van der Waals surface area contributed by atoms with Crippen LogP contribution in [0.3, 0.4) is 0 Å². The molecule has 0 spiro atoms. The first-order valence-corrected chi connectivity index (χ1v) is 19.7. The van der Waals surface area contributed by atoms with Crippen LogP contribution in [-0.4, -0.2) is 84.2 Å². The number of carbonyl (C=O) groups excluding carboxylic acids is 5. The smallest absolute Gasteiger partial charge is 0.307 e. The van der Waals surface area contributed by atoms with Gasteiger partial charge in [0.2, 0.25) is 27.7 Å². The van der Waals surface area contributed by atoms with Gasteiger partial charge in [0.05, 0.1) is 40.8 Å². The highest BCUT2D eigenvalue weighted by atomic mass is 32.2. The number of hydrogen-bond acceptors (Lipinski definition) is 11. The Balaban J connectivity index is 1.45. The lowest BCUT2D eigenvalue weighted by molar-refractivity contribution is -0.159. The zero-order valence-electron chi connectivity index (χ0n) is 34.4. The van der Waals surface area contributed by atoms with Crippen LogP contribution in [0.4, 0.5) is 0 Å². The minimum Gasteiger partial charge on any atom is -0.497 e. The van der Waals surface area contributed by atoms with Crippen LogP contribution in [-0.2, 0) is 38.7 Å². The first kappa shape index (κ1) is 36.4. The number of amides is 2. The Labute approximate surface area is 321 Å². The van der Waals surface area contributed by atoms with Gasteiger partial charge in [-0.15, -0.1) is 6.58 Å². The van der Waals surface area contributed by atoms with Gasteiger partial charge < -0.3 is 19.1 Å². The third kappa shape index (κ3) is 9.74. The molecule has 0 unspecified atom stereocenters. The maximum atomic E-state index is 14.6. The van der Waals surface area contributed by atoms with E-state index in [0.717, 1.165) is 5.57 Å². The number of Topliss-reactive ketones (excluding diaryl/α,β-unsaturated/α-hetero) is 1. The average Bonchev–Trinajstić information content (AvgIpc) is 4.01. The molecular weight excluding hydrogens is 715 g/mol. The molecule has 14 heteroatoms. The van der Waals surface area contributed by atoms with Crippen molar-refractivity contribution in [1.29, 1.82) is 0 Å². The van der Waals surface area contributed by atoms with Crippen LogP contribution in [0.1, 0.15) is 90.1 Å². The number of ether oxygens (including phenoxy) is 3. The van der Waals surface area contributed by atoms with Crippen molar-refractivity contribution in [2.24, 2.45) is 17.3 Å². The van der Waals surface area contributed by atoms with Gasteiger partial charge in [0.1, 0.15) is 17.5 Å². The van der Waals surface area contributed by atoms with E-state index in [-0.39, 0.29) is 62.5 Å². The molecule has 2 amide bonds. The summed E-state index contributed by atoms with van der Waals surface area (Å²) in [6.45, 7) is 12.3. The van der Waals surface area contributed by atoms with Gasteiger partial charge in [0, 0.05) is 36.8 Å². The van der Waals surface area contributed by atoms with Crippen LogP contribution in [0.5, 0.6) is 11.6 Å². The normalized spacial score (nSPS) is 23.9. The number of rotatable bonds is 17. The highest BCUT2D eigenvalue weighted by Gasteiger charge is 2.61. The Morgan fingerprint density at radius 2 is 1.91 bits per heavy atom. The molecule has 1 aromatic carbocycles. The predicted molar refractivity (Wildman–Crippen MR) is 201 cm³/mol. The Hall–Kier alpha value is -4.59. The summed E-state index contributed by atoms with van der Waals surface area (Å²) < 4.78 is 66.9. The number of hydrogen-bond donors (Lipinski definition) is 1. The summed E-state index contributed by atoms with van der Waals surface area (Å²) in [6, 6.07) is 5.05. The van der Waals surface area contributed by atoms with E-state index in [1.807, 2.05) is 0 Å². The number of ketones is 2. The SMILES string of the molecule is [2H]C([2H])([2H])Oc1ccc2c(O[C@@H]3C[C@@H](C(=O)C[C@]4(C(=O)NS(=O)(=O)C5CC5)C[C@H]4C=C)N(C(=O)[C@H](CCC(=O)C=C(C)C)CC(=O)OC(C)(C)C)C3)nccc2c1. The van der Waals surface area contributed by atoms with Gasteiger partial charge in [-0.1, -0.05) is 11.6 Å². The zero-order chi connectivity index (χ0) is 42.1. The molecule has 0 bridgehead atoms. The Morgan fingerprint density at radius 3 is 2.54 bits per heavy atom. The number of carbonyl (C=O) groups is 5. The number of fused-ring (bicyclic) bond motifs is 1. The van der Waals surface area contributed by atoms with E-state index in [9.17, 15) is 32.4 Å². The van der Waals surface area contributed by atoms with Crippen LogP contribution < -0.4 is 14.2 Å². The van der Waals surface area contributed by atoms with Gasteiger partial charge in [0.15, 0.2) is 11.6 Å². The van der Waals surface area contributed by atoms with E-state index in [2.05, 4.69) is 16.3 Å². The average molecular weight is 769 g/mol. The van der Waals surface area contributed by atoms with Crippen LogP contribution in [0, 0.1) is 17.3 Å². The molecule has 2 aliphatic carbocycles. The second-order valence-corrected chi connectivity index (χ2v) is 17.8. The standard InChI is InChI=1S/C40H51N3O10S/c1-8-27-21-40(27,38(48)42-54(49,50)31-12-13-31)22-34(45)33-20-30(52-36-32-14-11-29(51-7)18-25(32)15-16-41-36)23-43(33)37(47)26(9-10-28(44)17-24(2)3)19-35(46)53-39(4,5)6/h8,11,14-18,26-27,30-31,33H,1,9-10,12-13,19-23H2,2-7H3,(H,42,48)/t26-,27-,30-,33+,40-/m1/s1/i7D3. The number of methoxy groups -OCH3 is 1. The minimum atomic E-state index is -3.92. The molecule has 292 valence electrons. The van der Waals surface area contributed by atoms with Crippen molar-refractivity contribution >= 4 is 50.1 Å². The number of pyridine rings is 1. The maximum absolute atomic E-state index is 14.6. The molecule has 1 aliphatic heterocycles. The van der Waals surface area contributed by atoms with Gasteiger partial charge in [-0.05, 0) is 102 Å². The van der Waals surface area contributed by atoms with Gasteiger partial charge in [0.25, 0.3) is 0 Å². The van der Waals surface area contributed by atoms with Crippen molar-refractivity contribution in [1.82, 2.24) is 14.6 Å². The fourth-order valence-electron chi connectivity index (χ4n) is 7.03. The number of benzene rings is 1. The zero-order valence-corrected chi connectivity index (χ0v) is 32.2. The Kier molecular flexibility index (Phi) is 10.8. The van der Waals surface area contributed by atoms with E-state index >= 15 is 0 Å². The summed E-state index contributed by atoms with van der Waals surface area (Å²) in [4.78, 5) is 74.2. The quantitative estimate of drug-likeness (QED) is 0.130. The van der Waals surface area contributed by atoms with Gasteiger partial charge in [-0.2, -0.15) is 0 Å². The molecule has 2 heterocycles. The lowest BCUT2D eigenvalue weighted by Gasteiger charge is -2.29. The van der Waals surface area contributed by atoms with E-state index in [0.29, 0.717) is 23.6 Å². The van der Waals surface area contributed by atoms with Crippen LogP contribution >= 0.6 is 0 Å². The number of allylic oxidation sites excluding steroid dienone is 3. The molecule has 13 nitrogen and oxygen atoms in total. The summed E-state index contributed by atoms with van der Waals surface area (Å²) >= 11 is 0. The van der Waals surface area contributed by atoms with Crippen molar-refractivity contribution in [2.45, 2.75) is 109 Å². The first-order valence-electron chi connectivity index (χ1n) is 19.7. The van der Waals surface area contributed by atoms with Crippen molar-refractivity contribution in [2.75, 3.05) is 13.6 Å². The molecule has 2 aromatic rings. The summed E-state index contributed by atoms with van der Waals surface area (Å²) in [5.41, 5.74) is -1.47. The Morgan fingerprint density at radius 1 is 1.17 bits per heavy atom. The number of nitrogens with zero attached hydrogens (tertiary/aromatic N) is 2. The number of aromatic nitrogens is 1. The number of likely N-dealkylation sites (tertiary alicyclic amines) is 1. The number of nitrogens with one attached hydrogen (secondary N) is 1. The molecule has 1 N–H and O–H groups in total. The summed E-state index contributed by atoms with van der Waals surface area (Å²) in [5.74, 6) is -4.07. The minimum absolute atomic E-state index is 0.0148. The highest BCUT2D eigenvalue weighted by Crippen LogP contribution is 2.57. The number of esters is 1. The van der Waals surface area contributed by atoms with Crippen molar-refractivity contribution < 1.29 is 50.7 Å². The molecule has 5 rings (SSSR count). The van der Waals surface area contributed by atoms with Gasteiger partial charge in [-0.25, -0.2) is 13.4 Å². The molecule has 1 saturated heterocycles. The summed E-state index contributed by atoms with van der Waals surface area (Å²) in [6.07, 6.45) is 3.83. The maximum Gasteiger partial charge on any atom is 0.307 e. The van der Waals surface area contributed by atoms with Crippen LogP contribution in [0.2, 0.25) is 0 Å². The molecule has 3 fully saturated rings. The van der Waals surface area contributed by atoms with E-state index in [1.54, 1.807) is 46.8 Å². The molecule has 5 atom stereocenters. The first-order chi connectivity index (χ1) is 26.5. The van der Waals surface area contributed by atoms with E-state index in [1.165, 1.54) is 35.4 Å². The van der Waals surface area contributed by atoms with E-state index in [4.69, 9.17) is 18.3 Å². The van der Waals surface area contributed by atoms with Crippen LogP contribution in [0.15, 0.2) is 54.8 Å². The number of sulfonamides is 1. The molecule has 54 heavy (non-hydrogen) atoms. The predicted octanol–water partition coefficient (Wildman–Crippen LogP) is 5.02. The Bertz CT molecular complexity index is 2070. The molecular formula is C40H51N3O10S. The van der Waals surface area contributed by atoms with Crippen molar-refractivity contribution in [3.05, 3.63) is 54.8 Å². The monoisotopic (exact) mass is 768 g/mol. The second kappa shape index (κ2) is 16.0. The van der Waals surface area contributed by atoms with Gasteiger partial charge in [-0.3, -0.25) is 28.7 Å². The second-order valence-electron chi connectivity index (χ2n) is 15.8. The third-order valence-electron chi connectivity index (χ3n) is 9.94. The van der Waals surface area contributed by atoms with Gasteiger partial charge >= 0.3 is 5.97 Å². The van der Waals surface area contributed by atoms with E-state index < -0.39 is 80.9 Å². The third-order valence-corrected chi connectivity index (χ3v) is 11.8. The summed E-state index contributed by atoms with van der Waals surface area (Å²) in [5, 5.41) is 0.393. The van der Waals surface area contributed by atoms with Crippen molar-refractivity contribution in [3.8, 4) is 11.6 Å². The lowest BCUT2D eigenvalue weighted by Crippen LogP contribution is -2.46. The molecule has 1 aromatic heterocycles.